The van der Waals surface area contributed by atoms with Crippen LogP contribution in [0.2, 0.25) is 0 Å². The van der Waals surface area contributed by atoms with Gasteiger partial charge in [0, 0.05) is 6.42 Å². The monoisotopic (exact) mass is 346 g/mol. The first-order valence-electron chi connectivity index (χ1n) is 7.25. The molecule has 2 rings (SSSR count). The van der Waals surface area contributed by atoms with Crippen molar-refractivity contribution in [1.82, 2.24) is 10.0 Å². The van der Waals surface area contributed by atoms with E-state index in [1.165, 1.54) is 5.56 Å². The SMILES string of the molecule is CS(=O)(=O)NC(=O)CCc1ccccc1C1CCNCC1.Cl. The molecular formula is C15H23ClN2O3S. The number of nitrogens with one attached hydrogen (secondary N) is 2. The highest BCUT2D eigenvalue weighted by molar-refractivity contribution is 7.89. The number of aryl methyl sites for hydroxylation is 1. The maximum absolute atomic E-state index is 11.6. The minimum atomic E-state index is -3.47. The summed E-state index contributed by atoms with van der Waals surface area (Å²) in [5.74, 6) is 0.0815. The molecule has 0 bridgehead atoms. The van der Waals surface area contributed by atoms with E-state index in [1.807, 2.05) is 22.9 Å². The molecule has 1 aliphatic heterocycles. The third-order valence-corrected chi connectivity index (χ3v) is 4.35. The molecule has 7 heteroatoms. The molecule has 1 aliphatic rings. The summed E-state index contributed by atoms with van der Waals surface area (Å²) in [7, 11) is -3.47. The molecule has 0 radical (unpaired) electrons. The molecule has 5 nitrogen and oxygen atoms in total. The molecule has 0 saturated carbocycles. The first-order valence-corrected chi connectivity index (χ1v) is 9.14. The van der Waals surface area contributed by atoms with Crippen LogP contribution in [0.3, 0.4) is 0 Å². The lowest BCUT2D eigenvalue weighted by Crippen LogP contribution is -2.29. The number of amides is 1. The zero-order valence-electron chi connectivity index (χ0n) is 12.7. The number of sulfonamides is 1. The Morgan fingerprint density at radius 1 is 1.27 bits per heavy atom. The number of halogens is 1. The van der Waals surface area contributed by atoms with E-state index >= 15 is 0 Å². The minimum Gasteiger partial charge on any atom is -0.317 e. The van der Waals surface area contributed by atoms with Crippen molar-refractivity contribution in [1.29, 1.82) is 0 Å². The second kappa shape index (κ2) is 8.50. The quantitative estimate of drug-likeness (QED) is 0.848. The standard InChI is InChI=1S/C15H22N2O3S.ClH/c1-21(19,20)17-15(18)7-6-12-4-2-3-5-14(12)13-8-10-16-11-9-13;/h2-5,13,16H,6-11H2,1H3,(H,17,18);1H. The first-order chi connectivity index (χ1) is 9.96. The summed E-state index contributed by atoms with van der Waals surface area (Å²) in [5, 5.41) is 3.35. The van der Waals surface area contributed by atoms with Gasteiger partial charge in [0.2, 0.25) is 15.9 Å². The number of piperidine rings is 1. The molecule has 124 valence electrons. The third-order valence-electron chi connectivity index (χ3n) is 3.75. The predicted octanol–water partition coefficient (Wildman–Crippen LogP) is 1.58. The Kier molecular flexibility index (Phi) is 7.32. The largest absolute Gasteiger partial charge is 0.317 e. The van der Waals surface area contributed by atoms with Crippen LogP contribution in [0.15, 0.2) is 24.3 Å². The Balaban J connectivity index is 0.00000242. The average Bonchev–Trinajstić information content (AvgIpc) is 2.45. The lowest BCUT2D eigenvalue weighted by molar-refractivity contribution is -0.119. The van der Waals surface area contributed by atoms with Gasteiger partial charge in [-0.2, -0.15) is 0 Å². The van der Waals surface area contributed by atoms with Crippen molar-refractivity contribution in [2.75, 3.05) is 19.3 Å². The number of benzene rings is 1. The van der Waals surface area contributed by atoms with Gasteiger partial charge < -0.3 is 5.32 Å². The van der Waals surface area contributed by atoms with Crippen LogP contribution >= 0.6 is 12.4 Å². The van der Waals surface area contributed by atoms with Gasteiger partial charge in [0.25, 0.3) is 0 Å². The van der Waals surface area contributed by atoms with Crippen LogP contribution in [-0.4, -0.2) is 33.7 Å². The number of carbonyl (C=O) groups is 1. The molecule has 22 heavy (non-hydrogen) atoms. The van der Waals surface area contributed by atoms with Crippen molar-refractivity contribution in [2.45, 2.75) is 31.6 Å². The average molecular weight is 347 g/mol. The van der Waals surface area contributed by atoms with Gasteiger partial charge in [-0.25, -0.2) is 8.42 Å². The molecule has 0 aliphatic carbocycles. The van der Waals surface area contributed by atoms with Gasteiger partial charge in [0.1, 0.15) is 0 Å². The fraction of sp³-hybridized carbons (Fsp3) is 0.533. The highest BCUT2D eigenvalue weighted by Crippen LogP contribution is 2.28. The van der Waals surface area contributed by atoms with E-state index in [0.29, 0.717) is 12.3 Å². The van der Waals surface area contributed by atoms with Gasteiger partial charge in [-0.1, -0.05) is 24.3 Å². The van der Waals surface area contributed by atoms with Crippen molar-refractivity contribution < 1.29 is 13.2 Å². The normalized spacial score (nSPS) is 15.9. The van der Waals surface area contributed by atoms with E-state index in [1.54, 1.807) is 0 Å². The lowest BCUT2D eigenvalue weighted by Gasteiger charge is -2.25. The summed E-state index contributed by atoms with van der Waals surface area (Å²) < 4.78 is 24.1. The van der Waals surface area contributed by atoms with Crippen molar-refractivity contribution >= 4 is 28.3 Å². The van der Waals surface area contributed by atoms with Crippen LogP contribution in [0.5, 0.6) is 0 Å². The van der Waals surface area contributed by atoms with Gasteiger partial charge in [0.15, 0.2) is 0 Å². The molecular weight excluding hydrogens is 324 g/mol. The van der Waals surface area contributed by atoms with Crippen LogP contribution < -0.4 is 10.0 Å². The molecule has 1 saturated heterocycles. The molecule has 1 fully saturated rings. The maximum Gasteiger partial charge on any atom is 0.233 e. The van der Waals surface area contributed by atoms with Crippen molar-refractivity contribution in [3.05, 3.63) is 35.4 Å². The second-order valence-electron chi connectivity index (χ2n) is 5.52. The van der Waals surface area contributed by atoms with Crippen molar-refractivity contribution in [3.63, 3.8) is 0 Å². The van der Waals surface area contributed by atoms with Crippen LogP contribution in [0, 0.1) is 0 Å². The Morgan fingerprint density at radius 2 is 1.91 bits per heavy atom. The van der Waals surface area contributed by atoms with E-state index in [9.17, 15) is 13.2 Å². The molecule has 1 aromatic carbocycles. The molecule has 2 N–H and O–H groups in total. The Bertz CT molecular complexity index is 599. The molecule has 1 heterocycles. The first kappa shape index (κ1) is 18.9. The van der Waals surface area contributed by atoms with E-state index in [4.69, 9.17) is 0 Å². The van der Waals surface area contributed by atoms with Crippen LogP contribution in [0.25, 0.3) is 0 Å². The third kappa shape index (κ3) is 5.94. The second-order valence-corrected chi connectivity index (χ2v) is 7.27. The topological polar surface area (TPSA) is 75.3 Å². The molecule has 0 aromatic heterocycles. The van der Waals surface area contributed by atoms with Gasteiger partial charge >= 0.3 is 0 Å². The zero-order chi connectivity index (χ0) is 15.3. The molecule has 0 spiro atoms. The van der Waals surface area contributed by atoms with Crippen LogP contribution in [-0.2, 0) is 21.2 Å². The summed E-state index contributed by atoms with van der Waals surface area (Å²) in [5.41, 5.74) is 2.44. The number of hydrogen-bond donors (Lipinski definition) is 2. The molecule has 0 atom stereocenters. The number of hydrogen-bond acceptors (Lipinski definition) is 4. The summed E-state index contributed by atoms with van der Waals surface area (Å²) in [6, 6.07) is 8.15. The van der Waals surface area contributed by atoms with E-state index in [-0.39, 0.29) is 18.8 Å². The van der Waals surface area contributed by atoms with Crippen molar-refractivity contribution in [2.24, 2.45) is 0 Å². The van der Waals surface area contributed by atoms with Crippen molar-refractivity contribution in [3.8, 4) is 0 Å². The summed E-state index contributed by atoms with van der Waals surface area (Å²) in [4.78, 5) is 11.6. The van der Waals surface area contributed by atoms with Gasteiger partial charge in [-0.3, -0.25) is 9.52 Å². The minimum absolute atomic E-state index is 0. The summed E-state index contributed by atoms with van der Waals surface area (Å²) in [6.07, 6.45) is 3.96. The smallest absolute Gasteiger partial charge is 0.233 e. The van der Waals surface area contributed by atoms with Gasteiger partial charge in [-0.05, 0) is 49.4 Å². The number of rotatable bonds is 5. The van der Waals surface area contributed by atoms with E-state index < -0.39 is 15.9 Å². The highest BCUT2D eigenvalue weighted by atomic mass is 35.5. The molecule has 0 unspecified atom stereocenters. The molecule has 1 aromatic rings. The fourth-order valence-electron chi connectivity index (χ4n) is 2.80. The summed E-state index contributed by atoms with van der Waals surface area (Å²) in [6.45, 7) is 2.04. The Hall–Kier alpha value is -1.11. The highest BCUT2D eigenvalue weighted by Gasteiger charge is 2.18. The Labute approximate surface area is 138 Å². The zero-order valence-corrected chi connectivity index (χ0v) is 14.3. The van der Waals surface area contributed by atoms with Crippen LogP contribution in [0.4, 0.5) is 0 Å². The number of carbonyl (C=O) groups excluding carboxylic acids is 1. The lowest BCUT2D eigenvalue weighted by atomic mass is 9.86. The fourth-order valence-corrected chi connectivity index (χ4v) is 3.31. The maximum atomic E-state index is 11.6. The van der Waals surface area contributed by atoms with Gasteiger partial charge in [-0.15, -0.1) is 12.4 Å². The Morgan fingerprint density at radius 3 is 2.55 bits per heavy atom. The van der Waals surface area contributed by atoms with E-state index in [2.05, 4.69) is 11.4 Å². The molecule has 1 amide bonds. The predicted molar refractivity (Wildman–Crippen MR) is 89.8 cm³/mol. The summed E-state index contributed by atoms with van der Waals surface area (Å²) >= 11 is 0. The van der Waals surface area contributed by atoms with E-state index in [0.717, 1.165) is 37.8 Å². The van der Waals surface area contributed by atoms with Gasteiger partial charge in [0.05, 0.1) is 6.26 Å². The van der Waals surface area contributed by atoms with Crippen LogP contribution in [0.1, 0.15) is 36.3 Å².